The second-order valence-electron chi connectivity index (χ2n) is 3.74. The molecule has 1 rings (SSSR count). The fraction of sp³-hybridized carbons (Fsp3) is 0.875. The summed E-state index contributed by atoms with van der Waals surface area (Å²) in [7, 11) is 0. The normalized spacial score (nSPS) is 30.5. The van der Waals surface area contributed by atoms with Gasteiger partial charge >= 0.3 is 0 Å². The molecule has 0 aromatic carbocycles. The van der Waals surface area contributed by atoms with Gasteiger partial charge in [-0.05, 0) is 12.3 Å². The first-order valence-corrected chi connectivity index (χ1v) is 4.39. The van der Waals surface area contributed by atoms with Crippen molar-refractivity contribution in [3.8, 4) is 0 Å². The van der Waals surface area contributed by atoms with Gasteiger partial charge in [0.15, 0.2) is 0 Å². The lowest BCUT2D eigenvalue weighted by molar-refractivity contribution is -0.124. The van der Waals surface area contributed by atoms with Gasteiger partial charge in [0.2, 0.25) is 5.91 Å². The molecule has 2 atom stereocenters. The summed E-state index contributed by atoms with van der Waals surface area (Å²) in [5.74, 6) is 0.646. The second-order valence-corrected chi connectivity index (χ2v) is 3.74. The van der Waals surface area contributed by atoms with E-state index < -0.39 is 0 Å². The summed E-state index contributed by atoms with van der Waals surface area (Å²) < 4.78 is 0. The van der Waals surface area contributed by atoms with Crippen molar-refractivity contribution in [3.63, 3.8) is 0 Å². The van der Waals surface area contributed by atoms with Crippen molar-refractivity contribution in [2.45, 2.75) is 39.0 Å². The van der Waals surface area contributed by atoms with Crippen LogP contribution in [0.3, 0.4) is 0 Å². The highest BCUT2D eigenvalue weighted by atomic mass is 16.2. The van der Waals surface area contributed by atoms with Crippen LogP contribution in [-0.4, -0.2) is 18.2 Å². The summed E-state index contributed by atoms with van der Waals surface area (Å²) in [5, 5.41) is 5.73. The van der Waals surface area contributed by atoms with Crippen molar-refractivity contribution in [1.29, 1.82) is 0 Å². The number of hydrogen-bond acceptors (Lipinski definition) is 3. The van der Waals surface area contributed by atoms with Gasteiger partial charge in [-0.1, -0.05) is 13.8 Å². The molecule has 1 amide bonds. The zero-order valence-electron chi connectivity index (χ0n) is 7.63. The molecule has 1 saturated heterocycles. The van der Waals surface area contributed by atoms with Crippen LogP contribution in [-0.2, 0) is 4.79 Å². The molecule has 0 bridgehead atoms. The van der Waals surface area contributed by atoms with E-state index >= 15 is 0 Å². The van der Waals surface area contributed by atoms with E-state index in [0.717, 1.165) is 6.42 Å². The minimum Gasteiger partial charge on any atom is -0.328 e. The topological polar surface area (TPSA) is 67.2 Å². The molecule has 1 aliphatic rings. The van der Waals surface area contributed by atoms with Crippen LogP contribution in [0.15, 0.2) is 0 Å². The Morgan fingerprint density at radius 3 is 2.83 bits per heavy atom. The largest absolute Gasteiger partial charge is 0.328 e. The van der Waals surface area contributed by atoms with Gasteiger partial charge in [0, 0.05) is 12.5 Å². The van der Waals surface area contributed by atoms with Gasteiger partial charge in [-0.2, -0.15) is 0 Å². The van der Waals surface area contributed by atoms with Crippen LogP contribution in [0.2, 0.25) is 0 Å². The molecule has 12 heavy (non-hydrogen) atoms. The van der Waals surface area contributed by atoms with Gasteiger partial charge in [-0.25, -0.2) is 0 Å². The van der Waals surface area contributed by atoms with Gasteiger partial charge < -0.3 is 5.32 Å². The molecule has 1 aliphatic heterocycles. The van der Waals surface area contributed by atoms with E-state index in [1.54, 1.807) is 0 Å². The van der Waals surface area contributed by atoms with Gasteiger partial charge in [-0.15, -0.1) is 0 Å². The molecule has 4 nitrogen and oxygen atoms in total. The molecule has 2 unspecified atom stereocenters. The molecule has 0 spiro atoms. The predicted octanol–water partition coefficient (Wildman–Crippen LogP) is -0.247. The zero-order valence-corrected chi connectivity index (χ0v) is 7.63. The van der Waals surface area contributed by atoms with Crippen molar-refractivity contribution in [2.24, 2.45) is 11.7 Å². The molecule has 0 aliphatic carbocycles. The molecule has 1 fully saturated rings. The van der Waals surface area contributed by atoms with Crippen LogP contribution in [0.4, 0.5) is 0 Å². The van der Waals surface area contributed by atoms with E-state index in [2.05, 4.69) is 24.5 Å². The first kappa shape index (κ1) is 9.48. The number of nitrogens with two attached hydrogens (primary N) is 1. The first-order chi connectivity index (χ1) is 5.58. The Labute approximate surface area is 72.9 Å². The number of hydrogen-bond donors (Lipinski definition) is 3. The summed E-state index contributed by atoms with van der Waals surface area (Å²) in [6.07, 6.45) is 1.18. The molecule has 4 N–H and O–H groups in total. The lowest BCUT2D eigenvalue weighted by Gasteiger charge is -2.29. The average Bonchev–Trinajstić information content (AvgIpc) is 1.81. The van der Waals surface area contributed by atoms with E-state index in [4.69, 9.17) is 5.73 Å². The summed E-state index contributed by atoms with van der Waals surface area (Å²) >= 11 is 0. The standard InChI is InChI=1S/C8H17N3O/c1-5(2)3-6-4-7(12)11-8(9)10-6/h5-6,8,10H,3-4,9H2,1-2H3,(H,11,12). The van der Waals surface area contributed by atoms with Gasteiger partial charge in [0.05, 0.1) is 0 Å². The van der Waals surface area contributed by atoms with E-state index in [1.165, 1.54) is 0 Å². The number of amides is 1. The van der Waals surface area contributed by atoms with Crippen LogP contribution in [0.1, 0.15) is 26.7 Å². The molecule has 70 valence electrons. The third-order valence-corrected chi connectivity index (χ3v) is 1.92. The lowest BCUT2D eigenvalue weighted by atomic mass is 10.00. The van der Waals surface area contributed by atoms with Crippen LogP contribution < -0.4 is 16.4 Å². The van der Waals surface area contributed by atoms with Crippen molar-refractivity contribution >= 4 is 5.91 Å². The van der Waals surface area contributed by atoms with E-state index in [1.807, 2.05) is 0 Å². The minimum atomic E-state index is -0.366. The summed E-state index contributed by atoms with van der Waals surface area (Å²) in [6, 6.07) is 0.244. The molecule has 0 aromatic rings. The maximum atomic E-state index is 11.0. The van der Waals surface area contributed by atoms with Crippen molar-refractivity contribution in [3.05, 3.63) is 0 Å². The third kappa shape index (κ3) is 2.79. The Hall–Kier alpha value is -0.610. The maximum absolute atomic E-state index is 11.0. The zero-order chi connectivity index (χ0) is 9.14. The highest BCUT2D eigenvalue weighted by molar-refractivity contribution is 5.77. The third-order valence-electron chi connectivity index (χ3n) is 1.92. The Morgan fingerprint density at radius 2 is 2.33 bits per heavy atom. The van der Waals surface area contributed by atoms with E-state index in [0.29, 0.717) is 12.3 Å². The Morgan fingerprint density at radius 1 is 1.67 bits per heavy atom. The average molecular weight is 171 g/mol. The number of carbonyl (C=O) groups excluding carboxylic acids is 1. The van der Waals surface area contributed by atoms with Crippen LogP contribution in [0, 0.1) is 5.92 Å². The number of carbonyl (C=O) groups is 1. The van der Waals surface area contributed by atoms with E-state index in [9.17, 15) is 4.79 Å². The quantitative estimate of drug-likeness (QED) is 0.537. The summed E-state index contributed by atoms with van der Waals surface area (Å²) in [6.45, 7) is 4.28. The fourth-order valence-electron chi connectivity index (χ4n) is 1.53. The first-order valence-electron chi connectivity index (χ1n) is 4.39. The Bertz CT molecular complexity index is 168. The molecule has 0 radical (unpaired) electrons. The molecule has 0 saturated carbocycles. The summed E-state index contributed by atoms with van der Waals surface area (Å²) in [5.41, 5.74) is 5.55. The number of rotatable bonds is 2. The highest BCUT2D eigenvalue weighted by Crippen LogP contribution is 2.10. The molecule has 0 aromatic heterocycles. The molecule has 4 heteroatoms. The summed E-state index contributed by atoms with van der Waals surface area (Å²) in [4.78, 5) is 11.0. The van der Waals surface area contributed by atoms with Gasteiger partial charge in [0.25, 0.3) is 0 Å². The van der Waals surface area contributed by atoms with Crippen LogP contribution >= 0.6 is 0 Å². The predicted molar refractivity (Wildman–Crippen MR) is 47.1 cm³/mol. The molecular formula is C8H17N3O. The van der Waals surface area contributed by atoms with Crippen LogP contribution in [0.5, 0.6) is 0 Å². The number of nitrogens with one attached hydrogen (secondary N) is 2. The second kappa shape index (κ2) is 3.87. The highest BCUT2D eigenvalue weighted by Gasteiger charge is 2.23. The lowest BCUT2D eigenvalue weighted by Crippen LogP contribution is -2.60. The van der Waals surface area contributed by atoms with Gasteiger partial charge in [-0.3, -0.25) is 15.8 Å². The minimum absolute atomic E-state index is 0.0481. The Balaban J connectivity index is 2.39. The van der Waals surface area contributed by atoms with Gasteiger partial charge in [0.1, 0.15) is 6.29 Å². The van der Waals surface area contributed by atoms with Crippen molar-refractivity contribution in [1.82, 2.24) is 10.6 Å². The van der Waals surface area contributed by atoms with Crippen LogP contribution in [0.25, 0.3) is 0 Å². The molecule has 1 heterocycles. The van der Waals surface area contributed by atoms with E-state index in [-0.39, 0.29) is 18.2 Å². The Kier molecular flexibility index (Phi) is 3.05. The maximum Gasteiger partial charge on any atom is 0.223 e. The SMILES string of the molecule is CC(C)CC1CC(=O)NC(N)N1. The van der Waals surface area contributed by atoms with Crippen molar-refractivity contribution in [2.75, 3.05) is 0 Å². The monoisotopic (exact) mass is 171 g/mol. The fourth-order valence-corrected chi connectivity index (χ4v) is 1.53. The van der Waals surface area contributed by atoms with Crippen molar-refractivity contribution < 1.29 is 4.79 Å². The molecular weight excluding hydrogens is 154 g/mol. The smallest absolute Gasteiger partial charge is 0.223 e.